The summed E-state index contributed by atoms with van der Waals surface area (Å²) in [6.45, 7) is 2.99. The number of methoxy groups -OCH3 is 3. The van der Waals surface area contributed by atoms with E-state index in [1.54, 1.807) is 48.5 Å². The molecule has 0 radical (unpaired) electrons. The number of ether oxygens (including phenoxy) is 3. The van der Waals surface area contributed by atoms with Gasteiger partial charge in [0, 0.05) is 18.6 Å². The molecule has 4 atom stereocenters. The number of ketones is 1. The van der Waals surface area contributed by atoms with Gasteiger partial charge in [0.15, 0.2) is 17.3 Å². The fraction of sp³-hybridized carbons (Fsp3) is 0.312. The molecule has 4 unspecified atom stereocenters. The molecule has 41 heavy (non-hydrogen) atoms. The Morgan fingerprint density at radius 1 is 0.951 bits per heavy atom. The summed E-state index contributed by atoms with van der Waals surface area (Å²) in [5, 5.41) is 20.1. The van der Waals surface area contributed by atoms with E-state index in [1.807, 2.05) is 31.2 Å². The summed E-state index contributed by atoms with van der Waals surface area (Å²) in [5.41, 5.74) is 0.814. The first kappa shape index (κ1) is 29.3. The van der Waals surface area contributed by atoms with Gasteiger partial charge in [-0.3, -0.25) is 9.59 Å². The first-order chi connectivity index (χ1) is 19.6. The van der Waals surface area contributed by atoms with E-state index in [2.05, 4.69) is 0 Å². The predicted molar refractivity (Wildman–Crippen MR) is 150 cm³/mol. The molecule has 0 aliphatic carbocycles. The number of hydrogen-bond acceptors (Lipinski definition) is 7. The molecule has 0 aromatic heterocycles. The normalized spacial score (nSPS) is 21.7. The van der Waals surface area contributed by atoms with Gasteiger partial charge in [0.1, 0.15) is 12.1 Å². The van der Waals surface area contributed by atoms with E-state index in [4.69, 9.17) is 14.2 Å². The van der Waals surface area contributed by atoms with Crippen LogP contribution in [0, 0.1) is 24.2 Å². The van der Waals surface area contributed by atoms with Crippen molar-refractivity contribution in [3.8, 4) is 17.6 Å². The highest BCUT2D eigenvalue weighted by Crippen LogP contribution is 2.57. The molecule has 212 valence electrons. The Labute approximate surface area is 238 Å². The van der Waals surface area contributed by atoms with Crippen molar-refractivity contribution in [1.82, 2.24) is 4.90 Å². The van der Waals surface area contributed by atoms with Gasteiger partial charge < -0.3 is 24.2 Å². The highest BCUT2D eigenvalue weighted by molar-refractivity contribution is 6.02. The zero-order valence-corrected chi connectivity index (χ0v) is 23.6. The Morgan fingerprint density at radius 3 is 2.20 bits per heavy atom. The van der Waals surface area contributed by atoms with Crippen LogP contribution in [-0.4, -0.2) is 61.1 Å². The van der Waals surface area contributed by atoms with Crippen LogP contribution >= 0.6 is 0 Å². The van der Waals surface area contributed by atoms with Gasteiger partial charge >= 0.3 is 5.97 Å². The maximum Gasteiger partial charge on any atom is 0.330 e. The monoisotopic (exact) mass is 556 g/mol. The fourth-order valence-corrected chi connectivity index (χ4v) is 5.96. The van der Waals surface area contributed by atoms with Crippen molar-refractivity contribution >= 4 is 17.7 Å². The van der Waals surface area contributed by atoms with Crippen LogP contribution in [-0.2, 0) is 14.3 Å². The Morgan fingerprint density at radius 2 is 1.63 bits per heavy atom. The maximum absolute atomic E-state index is 14.5. The molecule has 0 saturated carbocycles. The number of nitrogens with zero attached hydrogens (tertiary/aromatic N) is 2. The number of benzene rings is 3. The Hall–Kier alpha value is -4.68. The van der Waals surface area contributed by atoms with E-state index in [1.165, 1.54) is 33.2 Å². The van der Waals surface area contributed by atoms with Gasteiger partial charge in [0.05, 0.1) is 37.8 Å². The highest BCUT2D eigenvalue weighted by atomic mass is 16.5. The minimum Gasteiger partial charge on any atom is -0.493 e. The molecule has 3 aromatic rings. The molecule has 1 aliphatic heterocycles. The Kier molecular flexibility index (Phi) is 8.45. The Bertz CT molecular complexity index is 1510. The van der Waals surface area contributed by atoms with Gasteiger partial charge in [0.25, 0.3) is 0 Å². The van der Waals surface area contributed by atoms with Crippen molar-refractivity contribution in [3.05, 3.63) is 94.5 Å². The van der Waals surface area contributed by atoms with Crippen molar-refractivity contribution < 1.29 is 33.7 Å². The van der Waals surface area contributed by atoms with Crippen molar-refractivity contribution in [2.75, 3.05) is 27.9 Å². The summed E-state index contributed by atoms with van der Waals surface area (Å²) in [7, 11) is 4.32. The molecule has 1 heterocycles. The minimum atomic E-state index is -1.86. The molecule has 9 nitrogen and oxygen atoms in total. The summed E-state index contributed by atoms with van der Waals surface area (Å²) in [6.07, 6.45) is 0. The van der Waals surface area contributed by atoms with Gasteiger partial charge in [-0.1, -0.05) is 48.0 Å². The van der Waals surface area contributed by atoms with Crippen LogP contribution in [0.15, 0.2) is 66.7 Å². The quantitative estimate of drug-likeness (QED) is 0.381. The molecule has 4 rings (SSSR count). The van der Waals surface area contributed by atoms with Crippen molar-refractivity contribution in [3.63, 3.8) is 0 Å². The molecule has 9 heteroatoms. The van der Waals surface area contributed by atoms with Gasteiger partial charge in [-0.05, 0) is 49.2 Å². The number of aliphatic carboxylic acids is 1. The number of rotatable bonds is 9. The standard InChI is InChI=1S/C32H32N2O7/c1-19-7-6-8-23(15-19)29-27(30(36)21-11-9-20(17-33)10-12-21)28(22-13-14-24(40-4)25(16-22)41-5)32(2,31(37)38)34(29)26(35)18-39-3/h6-16,27-29H,18H2,1-5H3,(H,37,38). The molecule has 0 bridgehead atoms. The topological polar surface area (TPSA) is 126 Å². The fourth-order valence-electron chi connectivity index (χ4n) is 5.96. The molecule has 1 fully saturated rings. The van der Waals surface area contributed by atoms with Crippen LogP contribution in [0.5, 0.6) is 11.5 Å². The van der Waals surface area contributed by atoms with E-state index < -0.39 is 35.3 Å². The van der Waals surface area contributed by atoms with Crippen LogP contribution in [0.2, 0.25) is 0 Å². The highest BCUT2D eigenvalue weighted by Gasteiger charge is 2.64. The Balaban J connectivity index is 2.07. The molecule has 1 N–H and O–H groups in total. The van der Waals surface area contributed by atoms with Crippen LogP contribution in [0.25, 0.3) is 0 Å². The van der Waals surface area contributed by atoms with E-state index in [0.29, 0.717) is 33.8 Å². The molecule has 0 spiro atoms. The minimum absolute atomic E-state index is 0.297. The third-order valence-electron chi connectivity index (χ3n) is 7.80. The molecular formula is C32H32N2O7. The molecule has 3 aromatic carbocycles. The van der Waals surface area contributed by atoms with E-state index >= 15 is 0 Å². The lowest BCUT2D eigenvalue weighted by Gasteiger charge is -2.38. The zero-order valence-electron chi connectivity index (χ0n) is 23.6. The summed E-state index contributed by atoms with van der Waals surface area (Å²) in [4.78, 5) is 42.9. The van der Waals surface area contributed by atoms with Crippen LogP contribution in [0.3, 0.4) is 0 Å². The molecule has 1 amide bonds. The van der Waals surface area contributed by atoms with Crippen LogP contribution in [0.4, 0.5) is 0 Å². The summed E-state index contributed by atoms with van der Waals surface area (Å²) >= 11 is 0. The van der Waals surface area contributed by atoms with Gasteiger partial charge in [0.2, 0.25) is 5.91 Å². The number of aryl methyl sites for hydroxylation is 1. The van der Waals surface area contributed by atoms with Crippen molar-refractivity contribution in [2.45, 2.75) is 31.3 Å². The third-order valence-corrected chi connectivity index (χ3v) is 7.80. The smallest absolute Gasteiger partial charge is 0.330 e. The average Bonchev–Trinajstić information content (AvgIpc) is 3.27. The van der Waals surface area contributed by atoms with Gasteiger partial charge in [-0.25, -0.2) is 4.79 Å². The number of nitriles is 1. The van der Waals surface area contributed by atoms with Gasteiger partial charge in [-0.2, -0.15) is 5.26 Å². The second-order valence-corrected chi connectivity index (χ2v) is 10.2. The predicted octanol–water partition coefficient (Wildman–Crippen LogP) is 4.54. The lowest BCUT2D eigenvalue weighted by molar-refractivity contribution is -0.159. The first-order valence-electron chi connectivity index (χ1n) is 13.0. The van der Waals surface area contributed by atoms with E-state index in [-0.39, 0.29) is 12.4 Å². The van der Waals surface area contributed by atoms with Crippen molar-refractivity contribution in [2.24, 2.45) is 5.92 Å². The summed E-state index contributed by atoms with van der Waals surface area (Å²) in [6, 6.07) is 19.6. The number of amides is 1. The number of carbonyl (C=O) groups is 3. The lowest BCUT2D eigenvalue weighted by atomic mass is 9.71. The molecule has 1 aliphatic rings. The molecular weight excluding hydrogens is 524 g/mol. The number of likely N-dealkylation sites (tertiary alicyclic amines) is 1. The van der Waals surface area contributed by atoms with Crippen LogP contribution in [0.1, 0.15) is 51.5 Å². The maximum atomic E-state index is 14.5. The number of carboxylic acid groups (broad SMARTS) is 1. The largest absolute Gasteiger partial charge is 0.493 e. The number of carboxylic acids is 1. The molecule has 1 saturated heterocycles. The summed E-state index contributed by atoms with van der Waals surface area (Å²) in [5.74, 6) is -3.43. The average molecular weight is 557 g/mol. The number of Topliss-reactive ketones (excluding diaryl/α,β-unsaturated/α-hetero) is 1. The summed E-state index contributed by atoms with van der Waals surface area (Å²) < 4.78 is 16.1. The van der Waals surface area contributed by atoms with E-state index in [0.717, 1.165) is 5.56 Å². The third kappa shape index (κ3) is 5.14. The SMILES string of the molecule is COCC(=O)N1C(c2cccc(C)c2)C(C(=O)c2ccc(C#N)cc2)C(c2ccc(OC)c(OC)c2)C1(C)C(=O)O. The first-order valence-corrected chi connectivity index (χ1v) is 13.0. The lowest BCUT2D eigenvalue weighted by Crippen LogP contribution is -2.55. The van der Waals surface area contributed by atoms with E-state index in [9.17, 15) is 24.8 Å². The van der Waals surface area contributed by atoms with Crippen molar-refractivity contribution in [1.29, 1.82) is 5.26 Å². The zero-order chi connectivity index (χ0) is 29.9. The second kappa shape index (κ2) is 11.8. The number of hydrogen-bond donors (Lipinski definition) is 1. The second-order valence-electron chi connectivity index (χ2n) is 10.2. The number of carbonyl (C=O) groups excluding carboxylic acids is 2. The van der Waals surface area contributed by atoms with Gasteiger partial charge in [-0.15, -0.1) is 0 Å². The van der Waals surface area contributed by atoms with Crippen LogP contribution < -0.4 is 9.47 Å².